The second-order valence-corrected chi connectivity index (χ2v) is 7.33. The van der Waals surface area contributed by atoms with Crippen molar-refractivity contribution >= 4 is 22.4 Å². The Hall–Kier alpha value is -2.93. The molecule has 4 rings (SSSR count). The Balaban J connectivity index is 1.42. The second kappa shape index (κ2) is 7.36. The Bertz CT molecular complexity index is 1000. The third-order valence-electron chi connectivity index (χ3n) is 4.19. The molecule has 1 aliphatic rings. The summed E-state index contributed by atoms with van der Waals surface area (Å²) in [5.74, 6) is 0.934. The highest BCUT2D eigenvalue weighted by molar-refractivity contribution is 7.15. The summed E-state index contributed by atoms with van der Waals surface area (Å²) < 4.78 is 24.0. The van der Waals surface area contributed by atoms with Crippen LogP contribution in [0.15, 0.2) is 42.5 Å². The molecular weight excluding hydrogens is 367 g/mol. The van der Waals surface area contributed by atoms with Gasteiger partial charge in [0.05, 0.1) is 12.1 Å². The predicted molar refractivity (Wildman–Crippen MR) is 101 cm³/mol. The molecule has 0 fully saturated rings. The normalized spacial score (nSPS) is 12.2. The van der Waals surface area contributed by atoms with Crippen LogP contribution < -0.4 is 14.8 Å². The molecule has 3 aromatic rings. The average molecular weight is 384 g/mol. The number of carbonyl (C=O) groups excluding carboxylic acids is 1. The number of nitrogens with one attached hydrogen (secondary N) is 1. The summed E-state index contributed by atoms with van der Waals surface area (Å²) in [6.07, 6.45) is 0.799. The number of halogens is 1. The van der Waals surface area contributed by atoms with Crippen molar-refractivity contribution in [1.29, 1.82) is 0 Å². The van der Waals surface area contributed by atoms with Gasteiger partial charge in [0.25, 0.3) is 0 Å². The van der Waals surface area contributed by atoms with Gasteiger partial charge in [-0.3, -0.25) is 4.79 Å². The van der Waals surface area contributed by atoms with Crippen LogP contribution in [0.1, 0.15) is 21.7 Å². The zero-order valence-electron chi connectivity index (χ0n) is 14.6. The predicted octanol–water partition coefficient (Wildman–Crippen LogP) is 4.09. The Labute approximate surface area is 159 Å². The molecule has 2 heterocycles. The van der Waals surface area contributed by atoms with Crippen LogP contribution in [0.2, 0.25) is 0 Å². The number of anilines is 1. The fraction of sp³-hybridized carbons (Fsp3) is 0.200. The summed E-state index contributed by atoms with van der Waals surface area (Å²) in [6.45, 7) is 2.17. The number of fused-ring (bicyclic) bond motifs is 1. The van der Waals surface area contributed by atoms with Gasteiger partial charge in [0.2, 0.25) is 12.7 Å². The Morgan fingerprint density at radius 1 is 1.19 bits per heavy atom. The molecule has 27 heavy (non-hydrogen) atoms. The van der Waals surface area contributed by atoms with Crippen LogP contribution in [0.25, 0.3) is 0 Å². The van der Waals surface area contributed by atoms with E-state index in [1.807, 2.05) is 25.1 Å². The first-order chi connectivity index (χ1) is 13.1. The van der Waals surface area contributed by atoms with Gasteiger partial charge in [0, 0.05) is 11.3 Å². The van der Waals surface area contributed by atoms with E-state index in [0.717, 1.165) is 27.6 Å². The maximum absolute atomic E-state index is 13.2. The molecule has 0 aliphatic carbocycles. The third kappa shape index (κ3) is 4.09. The van der Waals surface area contributed by atoms with Gasteiger partial charge in [0.1, 0.15) is 5.82 Å². The maximum Gasteiger partial charge on any atom is 0.231 e. The summed E-state index contributed by atoms with van der Waals surface area (Å²) in [5, 5.41) is 3.35. The Morgan fingerprint density at radius 3 is 2.89 bits per heavy atom. The van der Waals surface area contributed by atoms with E-state index in [-0.39, 0.29) is 24.9 Å². The van der Waals surface area contributed by atoms with Crippen LogP contribution in [-0.2, 0) is 17.6 Å². The minimum atomic E-state index is -0.351. The first-order valence-electron chi connectivity index (χ1n) is 8.46. The Kier molecular flexibility index (Phi) is 4.77. The molecule has 2 aromatic carbocycles. The van der Waals surface area contributed by atoms with Crippen LogP contribution in [-0.4, -0.2) is 17.7 Å². The quantitative estimate of drug-likeness (QED) is 0.720. The van der Waals surface area contributed by atoms with Gasteiger partial charge in [-0.1, -0.05) is 18.2 Å². The Morgan fingerprint density at radius 2 is 2.04 bits per heavy atom. The van der Waals surface area contributed by atoms with Crippen molar-refractivity contribution in [2.24, 2.45) is 0 Å². The molecule has 0 bridgehead atoms. The van der Waals surface area contributed by atoms with Crippen molar-refractivity contribution in [3.8, 4) is 11.5 Å². The van der Waals surface area contributed by atoms with E-state index in [0.29, 0.717) is 17.1 Å². The first-order valence-corrected chi connectivity index (χ1v) is 9.27. The van der Waals surface area contributed by atoms with Crippen LogP contribution in [0.3, 0.4) is 0 Å². The molecule has 0 atom stereocenters. The van der Waals surface area contributed by atoms with Gasteiger partial charge in [-0.2, -0.15) is 0 Å². The van der Waals surface area contributed by atoms with Crippen LogP contribution >= 0.6 is 11.3 Å². The van der Waals surface area contributed by atoms with Crippen LogP contribution in [0.5, 0.6) is 11.5 Å². The number of hydrogen-bond donors (Lipinski definition) is 1. The standard InChI is InChI=1S/C20H17FN2O3S/c1-12-18(9-14-5-6-16-17(8-14)26-11-25-16)27-20(22-12)23-19(24)10-13-3-2-4-15(21)7-13/h2-8H,9-11H2,1H3,(H,22,23,24). The molecule has 1 amide bonds. The van der Waals surface area contributed by atoms with E-state index in [1.165, 1.54) is 23.5 Å². The van der Waals surface area contributed by atoms with Crippen molar-refractivity contribution < 1.29 is 18.7 Å². The summed E-state index contributed by atoms with van der Waals surface area (Å²) in [6, 6.07) is 11.9. The molecule has 1 aliphatic heterocycles. The minimum Gasteiger partial charge on any atom is -0.454 e. The topological polar surface area (TPSA) is 60.5 Å². The van der Waals surface area contributed by atoms with Gasteiger partial charge in [-0.05, 0) is 42.3 Å². The highest BCUT2D eigenvalue weighted by atomic mass is 32.1. The maximum atomic E-state index is 13.2. The molecule has 7 heteroatoms. The number of benzene rings is 2. The number of hydrogen-bond acceptors (Lipinski definition) is 5. The van der Waals surface area contributed by atoms with Gasteiger partial charge in [-0.15, -0.1) is 11.3 Å². The summed E-state index contributed by atoms with van der Waals surface area (Å²) in [4.78, 5) is 17.7. The van der Waals surface area contributed by atoms with E-state index in [9.17, 15) is 9.18 Å². The number of ether oxygens (including phenoxy) is 2. The molecule has 0 unspecified atom stereocenters. The summed E-state index contributed by atoms with van der Waals surface area (Å²) in [5.41, 5.74) is 2.59. The van der Waals surface area contributed by atoms with E-state index in [4.69, 9.17) is 9.47 Å². The first kappa shape index (κ1) is 17.5. The molecule has 1 aromatic heterocycles. The zero-order chi connectivity index (χ0) is 18.8. The van der Waals surface area contributed by atoms with Crippen LogP contribution in [0.4, 0.5) is 9.52 Å². The van der Waals surface area contributed by atoms with E-state index < -0.39 is 0 Å². The lowest BCUT2D eigenvalue weighted by atomic mass is 10.1. The summed E-state index contributed by atoms with van der Waals surface area (Å²) >= 11 is 1.44. The minimum absolute atomic E-state index is 0.105. The highest BCUT2D eigenvalue weighted by Gasteiger charge is 2.16. The van der Waals surface area contributed by atoms with Crippen LogP contribution in [0, 0.1) is 12.7 Å². The number of nitrogens with zero attached hydrogens (tertiary/aromatic N) is 1. The third-order valence-corrected chi connectivity index (χ3v) is 5.27. The number of aryl methyl sites for hydroxylation is 1. The number of carbonyl (C=O) groups is 1. The van der Waals surface area contributed by atoms with E-state index >= 15 is 0 Å². The zero-order valence-corrected chi connectivity index (χ0v) is 15.4. The van der Waals surface area contributed by atoms with E-state index in [2.05, 4.69) is 10.3 Å². The number of thiazole rings is 1. The smallest absolute Gasteiger partial charge is 0.231 e. The SMILES string of the molecule is Cc1nc(NC(=O)Cc2cccc(F)c2)sc1Cc1ccc2c(c1)OCO2. The van der Waals surface area contributed by atoms with Gasteiger partial charge in [0.15, 0.2) is 16.6 Å². The van der Waals surface area contributed by atoms with Crippen molar-refractivity contribution in [2.45, 2.75) is 19.8 Å². The molecule has 0 radical (unpaired) electrons. The van der Waals surface area contributed by atoms with Gasteiger partial charge in [-0.25, -0.2) is 9.37 Å². The molecule has 5 nitrogen and oxygen atoms in total. The summed E-state index contributed by atoms with van der Waals surface area (Å²) in [7, 11) is 0. The fourth-order valence-electron chi connectivity index (χ4n) is 2.88. The average Bonchev–Trinajstić information content (AvgIpc) is 3.21. The molecule has 0 saturated carbocycles. The van der Waals surface area contributed by atoms with Crippen molar-refractivity contribution in [2.75, 3.05) is 12.1 Å². The largest absolute Gasteiger partial charge is 0.454 e. The second-order valence-electron chi connectivity index (χ2n) is 6.25. The molecule has 1 N–H and O–H groups in total. The monoisotopic (exact) mass is 384 g/mol. The molecule has 0 spiro atoms. The number of aromatic nitrogens is 1. The van der Waals surface area contributed by atoms with E-state index in [1.54, 1.807) is 12.1 Å². The lowest BCUT2D eigenvalue weighted by molar-refractivity contribution is -0.115. The molecule has 0 saturated heterocycles. The van der Waals surface area contributed by atoms with Crippen molar-refractivity contribution in [1.82, 2.24) is 4.98 Å². The highest BCUT2D eigenvalue weighted by Crippen LogP contribution is 2.34. The molecule has 138 valence electrons. The lowest BCUT2D eigenvalue weighted by Crippen LogP contribution is -2.14. The number of amides is 1. The van der Waals surface area contributed by atoms with Crippen molar-refractivity contribution in [3.05, 3.63) is 70.0 Å². The van der Waals surface area contributed by atoms with Gasteiger partial charge < -0.3 is 14.8 Å². The lowest BCUT2D eigenvalue weighted by Gasteiger charge is -2.02. The fourth-order valence-corrected chi connectivity index (χ4v) is 3.89. The molecular formula is C20H17FN2O3S. The van der Waals surface area contributed by atoms with Gasteiger partial charge >= 0.3 is 0 Å². The number of rotatable bonds is 5. The van der Waals surface area contributed by atoms with Crippen molar-refractivity contribution in [3.63, 3.8) is 0 Å².